The number of rotatable bonds is 7. The van der Waals surface area contributed by atoms with Crippen LogP contribution in [0, 0.1) is 0 Å². The van der Waals surface area contributed by atoms with Crippen molar-refractivity contribution in [1.29, 1.82) is 0 Å². The highest BCUT2D eigenvalue weighted by atomic mass is 16.5. The molecule has 0 atom stereocenters. The predicted octanol–water partition coefficient (Wildman–Crippen LogP) is 3.47. The largest absolute Gasteiger partial charge is 0.497 e. The summed E-state index contributed by atoms with van der Waals surface area (Å²) in [5.74, 6) is 0.748. The van der Waals surface area contributed by atoms with Gasteiger partial charge in [0, 0.05) is 12.2 Å². The molecule has 0 amide bonds. The fourth-order valence-electron chi connectivity index (χ4n) is 1.63. The first-order valence-corrected chi connectivity index (χ1v) is 6.34. The van der Waals surface area contributed by atoms with Gasteiger partial charge >= 0.3 is 0 Å². The van der Waals surface area contributed by atoms with E-state index in [9.17, 15) is 4.79 Å². The summed E-state index contributed by atoms with van der Waals surface area (Å²) in [4.78, 5) is 12.3. The van der Waals surface area contributed by atoms with Crippen molar-refractivity contribution in [1.82, 2.24) is 0 Å². The van der Waals surface area contributed by atoms with Crippen molar-refractivity contribution in [2.45, 2.75) is 39.2 Å². The van der Waals surface area contributed by atoms with Crippen molar-refractivity contribution < 1.29 is 14.3 Å². The first-order valence-electron chi connectivity index (χ1n) is 6.34. The molecule has 0 radical (unpaired) electrons. The first-order chi connectivity index (χ1) is 8.51. The molecule has 1 rings (SSSR count). The lowest BCUT2D eigenvalue weighted by atomic mass is 9.96. The minimum absolute atomic E-state index is 0.00116. The molecule has 0 aliphatic rings. The van der Waals surface area contributed by atoms with E-state index in [4.69, 9.17) is 9.47 Å². The quantitative estimate of drug-likeness (QED) is 0.549. The number of methoxy groups -OCH3 is 1. The van der Waals surface area contributed by atoms with E-state index in [0.29, 0.717) is 12.2 Å². The van der Waals surface area contributed by atoms with Gasteiger partial charge in [0.15, 0.2) is 5.78 Å². The number of ether oxygens (including phenoxy) is 2. The van der Waals surface area contributed by atoms with Crippen LogP contribution in [0.2, 0.25) is 0 Å². The van der Waals surface area contributed by atoms with Crippen LogP contribution in [0.3, 0.4) is 0 Å². The van der Waals surface area contributed by atoms with Crippen LogP contribution in [-0.2, 0) is 4.74 Å². The number of benzene rings is 1. The van der Waals surface area contributed by atoms with E-state index in [-0.39, 0.29) is 5.78 Å². The van der Waals surface area contributed by atoms with Crippen molar-refractivity contribution in [2.75, 3.05) is 13.7 Å². The summed E-state index contributed by atoms with van der Waals surface area (Å²) in [5.41, 5.74) is -0.124. The van der Waals surface area contributed by atoms with Gasteiger partial charge in [-0.25, -0.2) is 0 Å². The maximum Gasteiger partial charge on any atom is 0.194 e. The molecule has 3 heteroatoms. The van der Waals surface area contributed by atoms with E-state index in [1.54, 1.807) is 31.4 Å². The van der Waals surface area contributed by atoms with Crippen LogP contribution in [0.4, 0.5) is 0 Å². The maximum atomic E-state index is 12.3. The Balaban J connectivity index is 2.71. The topological polar surface area (TPSA) is 35.5 Å². The highest BCUT2D eigenvalue weighted by molar-refractivity contribution is 6.02. The fraction of sp³-hybridized carbons (Fsp3) is 0.533. The Morgan fingerprint density at radius 3 is 2.33 bits per heavy atom. The van der Waals surface area contributed by atoms with E-state index in [1.165, 1.54) is 0 Å². The van der Waals surface area contributed by atoms with Gasteiger partial charge < -0.3 is 9.47 Å². The lowest BCUT2D eigenvalue weighted by molar-refractivity contribution is -0.00546. The third kappa shape index (κ3) is 3.84. The van der Waals surface area contributed by atoms with Crippen molar-refractivity contribution in [2.24, 2.45) is 0 Å². The number of hydrogen-bond acceptors (Lipinski definition) is 3. The average molecular weight is 250 g/mol. The highest BCUT2D eigenvalue weighted by Crippen LogP contribution is 2.20. The number of Topliss-reactive ketones (excluding diaryl/α,β-unsaturated/α-hetero) is 1. The molecule has 3 nitrogen and oxygen atoms in total. The summed E-state index contributed by atoms with van der Waals surface area (Å²) in [6.07, 6.45) is 2.03. The summed E-state index contributed by atoms with van der Waals surface area (Å²) in [7, 11) is 1.61. The summed E-state index contributed by atoms with van der Waals surface area (Å²) in [6, 6.07) is 7.11. The minimum Gasteiger partial charge on any atom is -0.497 e. The van der Waals surface area contributed by atoms with Gasteiger partial charge in [-0.2, -0.15) is 0 Å². The Hall–Kier alpha value is -1.35. The third-order valence-electron chi connectivity index (χ3n) is 2.86. The molecule has 0 aliphatic heterocycles. The number of carbonyl (C=O) groups excluding carboxylic acids is 1. The summed E-state index contributed by atoms with van der Waals surface area (Å²) < 4.78 is 10.7. The third-order valence-corrected chi connectivity index (χ3v) is 2.86. The molecule has 1 aromatic rings. The zero-order valence-electron chi connectivity index (χ0n) is 11.7. The van der Waals surface area contributed by atoms with E-state index in [0.717, 1.165) is 18.6 Å². The fourth-order valence-corrected chi connectivity index (χ4v) is 1.63. The molecule has 0 saturated heterocycles. The Labute approximate surface area is 109 Å². The molecular weight excluding hydrogens is 228 g/mol. The number of hydrogen-bond donors (Lipinski definition) is 0. The average Bonchev–Trinajstić information content (AvgIpc) is 2.38. The maximum absolute atomic E-state index is 12.3. The van der Waals surface area contributed by atoms with Gasteiger partial charge in [-0.05, 0) is 44.5 Å². The van der Waals surface area contributed by atoms with E-state index < -0.39 is 5.60 Å². The summed E-state index contributed by atoms with van der Waals surface area (Å²) in [6.45, 7) is 6.34. The summed E-state index contributed by atoms with van der Waals surface area (Å²) in [5, 5.41) is 0. The normalized spacial score (nSPS) is 11.3. The lowest BCUT2D eigenvalue weighted by Gasteiger charge is -2.24. The second kappa shape index (κ2) is 6.55. The smallest absolute Gasteiger partial charge is 0.194 e. The molecule has 0 saturated carbocycles. The number of unbranched alkanes of at least 4 members (excludes halogenated alkanes) is 1. The predicted molar refractivity (Wildman–Crippen MR) is 72.3 cm³/mol. The van der Waals surface area contributed by atoms with Crippen LogP contribution in [0.25, 0.3) is 0 Å². The van der Waals surface area contributed by atoms with Crippen molar-refractivity contribution >= 4 is 5.78 Å². The van der Waals surface area contributed by atoms with Crippen LogP contribution in [0.5, 0.6) is 5.75 Å². The Morgan fingerprint density at radius 2 is 1.83 bits per heavy atom. The Kier molecular flexibility index (Phi) is 5.35. The molecule has 0 aliphatic carbocycles. The van der Waals surface area contributed by atoms with Gasteiger partial charge in [0.25, 0.3) is 0 Å². The van der Waals surface area contributed by atoms with E-state index in [1.807, 2.05) is 13.8 Å². The van der Waals surface area contributed by atoms with E-state index >= 15 is 0 Å². The van der Waals surface area contributed by atoms with Crippen LogP contribution >= 0.6 is 0 Å². The monoisotopic (exact) mass is 250 g/mol. The molecule has 0 N–H and O–H groups in total. The zero-order chi connectivity index (χ0) is 13.6. The van der Waals surface area contributed by atoms with Gasteiger partial charge in [-0.3, -0.25) is 4.79 Å². The molecule has 0 bridgehead atoms. The number of carbonyl (C=O) groups is 1. The molecule has 0 spiro atoms. The molecular formula is C15H22O3. The molecule has 18 heavy (non-hydrogen) atoms. The second-order valence-corrected chi connectivity index (χ2v) is 4.77. The number of ketones is 1. The molecule has 0 fully saturated rings. The van der Waals surface area contributed by atoms with Gasteiger partial charge in [-0.1, -0.05) is 13.3 Å². The standard InChI is InChI=1S/C15H22O3/c1-5-6-11-18-15(2,3)14(16)12-7-9-13(17-4)10-8-12/h7-10H,5-6,11H2,1-4H3. The summed E-state index contributed by atoms with van der Waals surface area (Å²) >= 11 is 0. The van der Waals surface area contributed by atoms with Crippen molar-refractivity contribution in [3.05, 3.63) is 29.8 Å². The van der Waals surface area contributed by atoms with Crippen molar-refractivity contribution in [3.8, 4) is 5.75 Å². The molecule has 100 valence electrons. The lowest BCUT2D eigenvalue weighted by Crippen LogP contribution is -2.35. The van der Waals surface area contributed by atoms with Crippen LogP contribution in [-0.4, -0.2) is 25.1 Å². The Morgan fingerprint density at radius 1 is 1.22 bits per heavy atom. The minimum atomic E-state index is -0.774. The van der Waals surface area contributed by atoms with Gasteiger partial charge in [-0.15, -0.1) is 0 Å². The van der Waals surface area contributed by atoms with Crippen molar-refractivity contribution in [3.63, 3.8) is 0 Å². The van der Waals surface area contributed by atoms with Crippen LogP contribution < -0.4 is 4.74 Å². The van der Waals surface area contributed by atoms with Crippen LogP contribution in [0.1, 0.15) is 44.0 Å². The van der Waals surface area contributed by atoms with E-state index in [2.05, 4.69) is 6.92 Å². The second-order valence-electron chi connectivity index (χ2n) is 4.77. The molecule has 0 unspecified atom stereocenters. The highest BCUT2D eigenvalue weighted by Gasteiger charge is 2.29. The molecule has 0 heterocycles. The first kappa shape index (κ1) is 14.7. The van der Waals surface area contributed by atoms with Gasteiger partial charge in [0.1, 0.15) is 11.4 Å². The molecule has 1 aromatic carbocycles. The Bertz CT molecular complexity index is 379. The van der Waals surface area contributed by atoms with Crippen LogP contribution in [0.15, 0.2) is 24.3 Å². The van der Waals surface area contributed by atoms with Gasteiger partial charge in [0.05, 0.1) is 7.11 Å². The SMILES string of the molecule is CCCCOC(C)(C)C(=O)c1ccc(OC)cc1. The van der Waals surface area contributed by atoms with Gasteiger partial charge in [0.2, 0.25) is 0 Å². The zero-order valence-corrected chi connectivity index (χ0v) is 11.7. The molecule has 0 aromatic heterocycles.